The van der Waals surface area contributed by atoms with E-state index in [1.54, 1.807) is 14.2 Å². The van der Waals surface area contributed by atoms with Crippen LogP contribution in [0.15, 0.2) is 48.5 Å². The van der Waals surface area contributed by atoms with Crippen LogP contribution < -0.4 is 0 Å². The van der Waals surface area contributed by atoms with Crippen LogP contribution in [0.25, 0.3) is 17.1 Å². The topological polar surface area (TPSA) is 49.2 Å². The highest BCUT2D eigenvalue weighted by atomic mass is 16.5. The Labute approximate surface area is 141 Å². The van der Waals surface area contributed by atoms with E-state index in [-0.39, 0.29) is 0 Å². The second-order valence-electron chi connectivity index (χ2n) is 5.62. The van der Waals surface area contributed by atoms with Crippen LogP contribution >= 0.6 is 0 Å². The van der Waals surface area contributed by atoms with Gasteiger partial charge in [0, 0.05) is 19.8 Å². The van der Waals surface area contributed by atoms with Gasteiger partial charge in [-0.25, -0.2) is 9.67 Å². The maximum absolute atomic E-state index is 5.32. The van der Waals surface area contributed by atoms with Crippen LogP contribution in [0.3, 0.4) is 0 Å². The maximum atomic E-state index is 5.32. The normalized spacial score (nSPS) is 11.0. The molecule has 0 N–H and O–H groups in total. The number of nitrogens with zero attached hydrogens (tertiary/aromatic N) is 3. The van der Waals surface area contributed by atoms with Gasteiger partial charge >= 0.3 is 0 Å². The zero-order chi connectivity index (χ0) is 16.9. The first-order valence-electron chi connectivity index (χ1n) is 7.82. The molecule has 24 heavy (non-hydrogen) atoms. The van der Waals surface area contributed by atoms with E-state index in [0.29, 0.717) is 19.0 Å². The molecule has 0 unspecified atom stereocenters. The highest BCUT2D eigenvalue weighted by molar-refractivity contribution is 5.62. The Hall–Kier alpha value is -2.50. The number of hydrogen-bond donors (Lipinski definition) is 0. The summed E-state index contributed by atoms with van der Waals surface area (Å²) in [7, 11) is 3.34. The van der Waals surface area contributed by atoms with Crippen LogP contribution in [0.2, 0.25) is 0 Å². The first kappa shape index (κ1) is 16.4. The van der Waals surface area contributed by atoms with Crippen LogP contribution in [-0.2, 0) is 22.7 Å². The molecule has 0 saturated carbocycles. The van der Waals surface area contributed by atoms with Crippen molar-refractivity contribution >= 4 is 0 Å². The van der Waals surface area contributed by atoms with E-state index in [4.69, 9.17) is 9.47 Å². The van der Waals surface area contributed by atoms with Gasteiger partial charge in [0.25, 0.3) is 0 Å². The summed E-state index contributed by atoms with van der Waals surface area (Å²) in [4.78, 5) is 4.68. The second-order valence-corrected chi connectivity index (χ2v) is 5.62. The minimum Gasteiger partial charge on any atom is -0.380 e. The number of hydrogen-bond acceptors (Lipinski definition) is 4. The highest BCUT2D eigenvalue weighted by Gasteiger charge is 2.16. The average molecular weight is 323 g/mol. The van der Waals surface area contributed by atoms with Gasteiger partial charge in [-0.05, 0) is 24.6 Å². The Morgan fingerprint density at radius 1 is 0.917 bits per heavy atom. The summed E-state index contributed by atoms with van der Waals surface area (Å²) in [6.07, 6.45) is 0. The van der Waals surface area contributed by atoms with E-state index in [1.807, 2.05) is 41.1 Å². The number of rotatable bonds is 6. The maximum Gasteiger partial charge on any atom is 0.177 e. The lowest BCUT2D eigenvalue weighted by molar-refractivity contribution is 0.178. The van der Waals surface area contributed by atoms with Crippen LogP contribution in [0.5, 0.6) is 0 Å². The van der Waals surface area contributed by atoms with Gasteiger partial charge in [-0.3, -0.25) is 0 Å². The molecular formula is C19H21N3O2. The Morgan fingerprint density at radius 2 is 1.62 bits per heavy atom. The van der Waals surface area contributed by atoms with Crippen molar-refractivity contribution < 1.29 is 9.47 Å². The first-order chi connectivity index (χ1) is 11.7. The van der Waals surface area contributed by atoms with Crippen LogP contribution in [-0.4, -0.2) is 29.0 Å². The predicted molar refractivity (Wildman–Crippen MR) is 93.0 cm³/mol. The van der Waals surface area contributed by atoms with Crippen molar-refractivity contribution in [2.45, 2.75) is 20.1 Å². The van der Waals surface area contributed by atoms with Crippen molar-refractivity contribution in [3.05, 3.63) is 65.5 Å². The van der Waals surface area contributed by atoms with Crippen molar-refractivity contribution in [2.75, 3.05) is 14.2 Å². The summed E-state index contributed by atoms with van der Waals surface area (Å²) in [6.45, 7) is 2.96. The second kappa shape index (κ2) is 7.38. The van der Waals surface area contributed by atoms with E-state index in [2.05, 4.69) is 29.1 Å². The molecule has 0 radical (unpaired) electrons. The third-order valence-electron chi connectivity index (χ3n) is 3.76. The quantitative estimate of drug-likeness (QED) is 0.696. The van der Waals surface area contributed by atoms with Gasteiger partial charge < -0.3 is 9.47 Å². The van der Waals surface area contributed by atoms with Crippen LogP contribution in [0, 0.1) is 6.92 Å². The smallest absolute Gasteiger partial charge is 0.177 e. The van der Waals surface area contributed by atoms with E-state index in [0.717, 1.165) is 22.6 Å². The highest BCUT2D eigenvalue weighted by Crippen LogP contribution is 2.25. The molecule has 0 saturated heterocycles. The number of ether oxygens (including phenoxy) is 2. The van der Waals surface area contributed by atoms with Crippen molar-refractivity contribution in [1.82, 2.24) is 14.8 Å². The van der Waals surface area contributed by atoms with Gasteiger partial charge in [-0.15, -0.1) is 5.10 Å². The van der Waals surface area contributed by atoms with Gasteiger partial charge in [-0.2, -0.15) is 0 Å². The summed E-state index contributed by atoms with van der Waals surface area (Å²) >= 11 is 0. The molecule has 1 aromatic heterocycles. The van der Waals surface area contributed by atoms with Crippen molar-refractivity contribution in [2.24, 2.45) is 0 Å². The fraction of sp³-hybridized carbons (Fsp3) is 0.263. The summed E-state index contributed by atoms with van der Waals surface area (Å²) in [6, 6.07) is 16.3. The van der Waals surface area contributed by atoms with Gasteiger partial charge in [-0.1, -0.05) is 42.0 Å². The molecule has 5 nitrogen and oxygen atoms in total. The molecule has 3 rings (SSSR count). The van der Waals surface area contributed by atoms with Gasteiger partial charge in [0.05, 0.1) is 12.3 Å². The summed E-state index contributed by atoms with van der Waals surface area (Å²) in [5.74, 6) is 1.44. The molecule has 3 aromatic rings. The van der Waals surface area contributed by atoms with Gasteiger partial charge in [0.1, 0.15) is 6.61 Å². The van der Waals surface area contributed by atoms with E-state index >= 15 is 0 Å². The van der Waals surface area contributed by atoms with Crippen LogP contribution in [0.4, 0.5) is 0 Å². The molecule has 124 valence electrons. The lowest BCUT2D eigenvalue weighted by Crippen LogP contribution is -2.02. The lowest BCUT2D eigenvalue weighted by atomic mass is 10.1. The largest absolute Gasteiger partial charge is 0.380 e. The molecule has 0 aliphatic rings. The van der Waals surface area contributed by atoms with Crippen LogP contribution in [0.1, 0.15) is 17.0 Å². The molecule has 0 fully saturated rings. The fourth-order valence-corrected chi connectivity index (χ4v) is 2.61. The fourth-order valence-electron chi connectivity index (χ4n) is 2.61. The Bertz CT molecular complexity index is 810. The van der Waals surface area contributed by atoms with E-state index in [9.17, 15) is 0 Å². The number of benzene rings is 2. The number of methoxy groups -OCH3 is 2. The SMILES string of the molecule is COCc1nc(-c2ccccc2COC)n(-c2ccc(C)cc2)n1. The number of aromatic nitrogens is 3. The van der Waals surface area contributed by atoms with Gasteiger partial charge in [0.2, 0.25) is 0 Å². The number of aryl methyl sites for hydroxylation is 1. The minimum absolute atomic E-state index is 0.373. The predicted octanol–water partition coefficient (Wildman–Crippen LogP) is 3.54. The third kappa shape index (κ3) is 3.37. The minimum atomic E-state index is 0.373. The summed E-state index contributed by atoms with van der Waals surface area (Å²) in [5.41, 5.74) is 4.26. The molecule has 0 amide bonds. The molecule has 5 heteroatoms. The third-order valence-corrected chi connectivity index (χ3v) is 3.76. The summed E-state index contributed by atoms with van der Waals surface area (Å²) in [5, 5.41) is 4.62. The van der Waals surface area contributed by atoms with Crippen molar-refractivity contribution in [3.8, 4) is 17.1 Å². The van der Waals surface area contributed by atoms with Gasteiger partial charge in [0.15, 0.2) is 11.6 Å². The van der Waals surface area contributed by atoms with E-state index < -0.39 is 0 Å². The van der Waals surface area contributed by atoms with Crippen molar-refractivity contribution in [1.29, 1.82) is 0 Å². The zero-order valence-corrected chi connectivity index (χ0v) is 14.2. The van der Waals surface area contributed by atoms with E-state index in [1.165, 1.54) is 5.56 Å². The molecule has 0 spiro atoms. The Kier molecular flexibility index (Phi) is 5.03. The molecule has 0 aliphatic carbocycles. The molecule has 0 aliphatic heterocycles. The first-order valence-corrected chi connectivity index (χ1v) is 7.82. The lowest BCUT2D eigenvalue weighted by Gasteiger charge is -2.10. The van der Waals surface area contributed by atoms with Crippen molar-refractivity contribution in [3.63, 3.8) is 0 Å². The average Bonchev–Trinajstić information content (AvgIpc) is 3.00. The molecule has 2 aromatic carbocycles. The summed E-state index contributed by atoms with van der Waals surface area (Å²) < 4.78 is 12.4. The standard InChI is InChI=1S/C19H21N3O2/c1-14-8-10-16(11-9-14)22-19(20-18(21-22)13-24-3)17-7-5-4-6-15(17)12-23-2/h4-11H,12-13H2,1-3H3. The molecular weight excluding hydrogens is 302 g/mol. The zero-order valence-electron chi connectivity index (χ0n) is 14.2. The molecule has 0 bridgehead atoms. The molecule has 1 heterocycles. The monoisotopic (exact) mass is 323 g/mol. The Balaban J connectivity index is 2.14. The Morgan fingerprint density at radius 3 is 2.33 bits per heavy atom. The molecule has 0 atom stereocenters.